The summed E-state index contributed by atoms with van der Waals surface area (Å²) in [6.45, 7) is 14.2. The molecule has 0 amide bonds. The molecule has 1 fully saturated rings. The summed E-state index contributed by atoms with van der Waals surface area (Å²) in [6, 6.07) is 10.0. The van der Waals surface area contributed by atoms with Crippen LogP contribution in [0.1, 0.15) is 33.3 Å². The summed E-state index contributed by atoms with van der Waals surface area (Å²) in [7, 11) is -4.97. The summed E-state index contributed by atoms with van der Waals surface area (Å²) in [4.78, 5) is 0. The first kappa shape index (κ1) is 16.7. The molecule has 1 aliphatic heterocycles. The van der Waals surface area contributed by atoms with Crippen LogP contribution in [-0.2, 0) is 15.6 Å². The van der Waals surface area contributed by atoms with Crippen molar-refractivity contribution in [1.29, 1.82) is 0 Å². The van der Waals surface area contributed by atoms with Gasteiger partial charge in [-0.15, -0.1) is 0 Å². The van der Waals surface area contributed by atoms with E-state index in [0.29, 0.717) is 0 Å². The standard InChI is InChI=1S/C16H27NO2SSi/c1-15(2,3)20(18,19)17-14(21(5,6)7)16(17,4)13-11-9-8-10-12-13/h8-12,14H,1-7H3/t14-,16-,17?/m1/s1. The monoisotopic (exact) mass is 325 g/mol. The van der Waals surface area contributed by atoms with Gasteiger partial charge >= 0.3 is 0 Å². The summed E-state index contributed by atoms with van der Waals surface area (Å²) in [6.07, 6.45) is 0. The Labute approximate surface area is 130 Å². The first-order valence-corrected chi connectivity index (χ1v) is 12.5. The number of sulfonamides is 1. The molecule has 0 aliphatic carbocycles. The Morgan fingerprint density at radius 1 is 1.10 bits per heavy atom. The number of benzene rings is 1. The average Bonchev–Trinajstić information content (AvgIpc) is 2.98. The molecule has 21 heavy (non-hydrogen) atoms. The maximum Gasteiger partial charge on any atom is 0.219 e. The molecule has 0 radical (unpaired) electrons. The molecule has 1 aromatic rings. The second-order valence-corrected chi connectivity index (χ2v) is 16.0. The van der Waals surface area contributed by atoms with Crippen LogP contribution in [0.5, 0.6) is 0 Å². The topological polar surface area (TPSA) is 37.1 Å². The van der Waals surface area contributed by atoms with Crippen LogP contribution in [0.3, 0.4) is 0 Å². The maximum absolute atomic E-state index is 13.0. The van der Waals surface area contributed by atoms with E-state index in [1.165, 1.54) is 0 Å². The van der Waals surface area contributed by atoms with Gasteiger partial charge in [0.2, 0.25) is 10.0 Å². The van der Waals surface area contributed by atoms with Gasteiger partial charge in [-0.1, -0.05) is 50.0 Å². The average molecular weight is 326 g/mol. The zero-order valence-electron chi connectivity index (χ0n) is 14.1. The Morgan fingerprint density at radius 2 is 1.57 bits per heavy atom. The van der Waals surface area contributed by atoms with Crippen LogP contribution in [0, 0.1) is 0 Å². The number of hydrogen-bond acceptors (Lipinski definition) is 2. The van der Waals surface area contributed by atoms with Crippen molar-refractivity contribution in [3.8, 4) is 0 Å². The van der Waals surface area contributed by atoms with Crippen LogP contribution in [0.4, 0.5) is 0 Å². The molecular weight excluding hydrogens is 298 g/mol. The van der Waals surface area contributed by atoms with Gasteiger partial charge in [0, 0.05) is 5.67 Å². The van der Waals surface area contributed by atoms with Gasteiger partial charge in [-0.05, 0) is 33.3 Å². The van der Waals surface area contributed by atoms with E-state index >= 15 is 0 Å². The third kappa shape index (κ3) is 2.49. The fraction of sp³-hybridized carbons (Fsp3) is 0.625. The molecular formula is C16H27NO2SSi. The van der Waals surface area contributed by atoms with Crippen LogP contribution >= 0.6 is 0 Å². The molecule has 0 spiro atoms. The van der Waals surface area contributed by atoms with E-state index in [4.69, 9.17) is 0 Å². The lowest BCUT2D eigenvalue weighted by atomic mass is 10.0. The van der Waals surface area contributed by atoms with Gasteiger partial charge in [0.15, 0.2) is 0 Å². The Bertz CT molecular complexity index is 628. The second kappa shape index (κ2) is 4.67. The van der Waals surface area contributed by atoms with Gasteiger partial charge in [-0.3, -0.25) is 0 Å². The first-order valence-electron chi connectivity index (χ1n) is 7.44. The zero-order valence-corrected chi connectivity index (χ0v) is 16.0. The maximum atomic E-state index is 13.0. The molecule has 2 rings (SSSR count). The SMILES string of the molecule is CC(C)(C)S(=O)(=O)N1[C@H]([Si](C)(C)C)[C@@]1(C)c1ccccc1. The van der Waals surface area contributed by atoms with Crippen LogP contribution in [0.25, 0.3) is 0 Å². The Balaban J connectivity index is 2.56. The lowest BCUT2D eigenvalue weighted by molar-refractivity contribution is 0.492. The molecule has 1 aliphatic rings. The molecule has 1 heterocycles. The quantitative estimate of drug-likeness (QED) is 0.629. The smallest absolute Gasteiger partial charge is 0.212 e. The predicted molar refractivity (Wildman–Crippen MR) is 91.4 cm³/mol. The Kier molecular flexibility index (Phi) is 3.72. The fourth-order valence-corrected chi connectivity index (χ4v) is 9.38. The van der Waals surface area contributed by atoms with Crippen LogP contribution in [0.15, 0.2) is 30.3 Å². The fourth-order valence-electron chi connectivity index (χ4n) is 3.30. The van der Waals surface area contributed by atoms with Crippen molar-refractivity contribution in [2.24, 2.45) is 0 Å². The predicted octanol–water partition coefficient (Wildman–Crippen LogP) is 3.59. The van der Waals surface area contributed by atoms with Gasteiger partial charge < -0.3 is 0 Å². The molecule has 1 unspecified atom stereocenters. The van der Waals surface area contributed by atoms with Gasteiger partial charge in [-0.25, -0.2) is 8.42 Å². The Morgan fingerprint density at radius 3 is 1.95 bits per heavy atom. The zero-order chi connectivity index (χ0) is 16.3. The van der Waals surface area contributed by atoms with E-state index in [1.54, 1.807) is 25.1 Å². The van der Waals surface area contributed by atoms with Crippen molar-refractivity contribution in [3.63, 3.8) is 0 Å². The minimum absolute atomic E-state index is 0.122. The third-order valence-corrected chi connectivity index (χ3v) is 9.67. The van der Waals surface area contributed by atoms with Crippen molar-refractivity contribution in [2.75, 3.05) is 0 Å². The normalized spacial score (nSPS) is 30.2. The largest absolute Gasteiger partial charge is 0.219 e. The molecule has 0 N–H and O–H groups in total. The van der Waals surface area contributed by atoms with Crippen molar-refractivity contribution >= 4 is 18.1 Å². The van der Waals surface area contributed by atoms with Gasteiger partial charge in [0.25, 0.3) is 0 Å². The summed E-state index contributed by atoms with van der Waals surface area (Å²) < 4.78 is 27.0. The van der Waals surface area contributed by atoms with Gasteiger partial charge in [0.1, 0.15) is 0 Å². The summed E-state index contributed by atoms with van der Waals surface area (Å²) in [5.74, 6) is 0. The Hall–Kier alpha value is -0.653. The van der Waals surface area contributed by atoms with E-state index in [9.17, 15) is 8.42 Å². The number of hydrogen-bond donors (Lipinski definition) is 0. The van der Waals surface area contributed by atoms with Crippen LogP contribution in [-0.4, -0.2) is 31.2 Å². The van der Waals surface area contributed by atoms with Crippen LogP contribution in [0.2, 0.25) is 19.6 Å². The van der Waals surface area contributed by atoms with Crippen LogP contribution < -0.4 is 0 Å². The van der Waals surface area contributed by atoms with Crippen molar-refractivity contribution in [1.82, 2.24) is 4.31 Å². The molecule has 0 saturated carbocycles. The molecule has 1 aromatic carbocycles. The lowest BCUT2D eigenvalue weighted by Crippen LogP contribution is -2.39. The second-order valence-electron chi connectivity index (χ2n) is 8.20. The van der Waals surface area contributed by atoms with Gasteiger partial charge in [-0.2, -0.15) is 4.31 Å². The lowest BCUT2D eigenvalue weighted by Gasteiger charge is -2.23. The van der Waals surface area contributed by atoms with Crippen molar-refractivity contribution < 1.29 is 8.42 Å². The van der Waals surface area contributed by atoms with Gasteiger partial charge in [0.05, 0.1) is 18.4 Å². The highest BCUT2D eigenvalue weighted by Gasteiger charge is 2.71. The van der Waals surface area contributed by atoms with Crippen molar-refractivity contribution in [3.05, 3.63) is 35.9 Å². The highest BCUT2D eigenvalue weighted by Crippen LogP contribution is 2.57. The third-order valence-electron chi connectivity index (χ3n) is 4.37. The number of nitrogens with zero attached hydrogens (tertiary/aromatic N) is 1. The van der Waals surface area contributed by atoms with E-state index < -0.39 is 28.4 Å². The molecule has 1 saturated heterocycles. The molecule has 0 aromatic heterocycles. The number of rotatable bonds is 3. The molecule has 3 nitrogen and oxygen atoms in total. The summed E-state index contributed by atoms with van der Waals surface area (Å²) >= 11 is 0. The highest BCUT2D eigenvalue weighted by molar-refractivity contribution is 7.90. The highest BCUT2D eigenvalue weighted by atomic mass is 32.2. The van der Waals surface area contributed by atoms with E-state index in [1.807, 2.05) is 30.3 Å². The van der Waals surface area contributed by atoms with E-state index in [2.05, 4.69) is 26.6 Å². The molecule has 118 valence electrons. The first-order chi connectivity index (χ1) is 9.34. The molecule has 5 heteroatoms. The minimum atomic E-state index is -3.32. The summed E-state index contributed by atoms with van der Waals surface area (Å²) in [5, 5.41) is 0. The molecule has 0 bridgehead atoms. The van der Waals surface area contributed by atoms with Crippen molar-refractivity contribution in [2.45, 2.75) is 63.3 Å². The minimum Gasteiger partial charge on any atom is -0.212 e. The van der Waals surface area contributed by atoms with E-state index in [0.717, 1.165) is 5.56 Å². The van der Waals surface area contributed by atoms with E-state index in [-0.39, 0.29) is 5.67 Å². The summed E-state index contributed by atoms with van der Waals surface area (Å²) in [5.41, 5.74) is 0.833. The molecule has 3 atom stereocenters.